The lowest BCUT2D eigenvalue weighted by molar-refractivity contribution is -0.120. The van der Waals surface area contributed by atoms with Crippen molar-refractivity contribution in [2.45, 2.75) is 19.6 Å². The van der Waals surface area contributed by atoms with Gasteiger partial charge in [-0.1, -0.05) is 36.4 Å². The highest BCUT2D eigenvalue weighted by atomic mass is 16.5. The van der Waals surface area contributed by atoms with E-state index in [0.29, 0.717) is 25.6 Å². The molecular weight excluding hydrogens is 392 g/mol. The molecule has 0 atom stereocenters. The SMILES string of the molecule is CN=C(NCC(=O)NCc1ccc(OC)cc1)NCc1ccccc1Cn1cccn1. The first-order valence-electron chi connectivity index (χ1n) is 10.1. The minimum atomic E-state index is -0.113. The number of methoxy groups -OCH3 is 1. The maximum Gasteiger partial charge on any atom is 0.239 e. The predicted octanol–water partition coefficient (Wildman–Crippen LogP) is 1.92. The molecule has 0 saturated heterocycles. The maximum absolute atomic E-state index is 12.2. The first-order chi connectivity index (χ1) is 15.2. The van der Waals surface area contributed by atoms with Crippen molar-refractivity contribution in [3.8, 4) is 5.75 Å². The van der Waals surface area contributed by atoms with Crippen LogP contribution in [0.4, 0.5) is 0 Å². The van der Waals surface area contributed by atoms with E-state index in [0.717, 1.165) is 16.9 Å². The molecule has 0 saturated carbocycles. The molecule has 8 nitrogen and oxygen atoms in total. The molecule has 162 valence electrons. The van der Waals surface area contributed by atoms with E-state index in [1.54, 1.807) is 20.4 Å². The quantitative estimate of drug-likeness (QED) is 0.363. The highest BCUT2D eigenvalue weighted by Crippen LogP contribution is 2.11. The van der Waals surface area contributed by atoms with E-state index in [-0.39, 0.29) is 12.5 Å². The number of nitrogens with one attached hydrogen (secondary N) is 3. The highest BCUT2D eigenvalue weighted by Gasteiger charge is 2.07. The van der Waals surface area contributed by atoms with Gasteiger partial charge in [0, 0.05) is 32.5 Å². The third-order valence-electron chi connectivity index (χ3n) is 4.74. The van der Waals surface area contributed by atoms with Crippen molar-refractivity contribution in [3.05, 3.63) is 83.7 Å². The molecule has 1 heterocycles. The van der Waals surface area contributed by atoms with E-state index in [2.05, 4.69) is 38.2 Å². The average molecular weight is 421 g/mol. The fraction of sp³-hybridized carbons (Fsp3) is 0.261. The van der Waals surface area contributed by atoms with Crippen molar-refractivity contribution in [3.63, 3.8) is 0 Å². The van der Waals surface area contributed by atoms with Crippen molar-refractivity contribution in [1.82, 2.24) is 25.7 Å². The van der Waals surface area contributed by atoms with Crippen LogP contribution in [0, 0.1) is 0 Å². The van der Waals surface area contributed by atoms with Gasteiger partial charge in [0.25, 0.3) is 0 Å². The first kappa shape index (κ1) is 21.9. The van der Waals surface area contributed by atoms with Crippen molar-refractivity contribution in [2.75, 3.05) is 20.7 Å². The third kappa shape index (κ3) is 6.88. The summed E-state index contributed by atoms with van der Waals surface area (Å²) in [6.07, 6.45) is 3.71. The number of nitrogens with zero attached hydrogens (tertiary/aromatic N) is 3. The van der Waals surface area contributed by atoms with Crippen LogP contribution in [0.5, 0.6) is 5.75 Å². The normalized spacial score (nSPS) is 11.1. The van der Waals surface area contributed by atoms with Crippen molar-refractivity contribution in [2.24, 2.45) is 4.99 Å². The van der Waals surface area contributed by atoms with Crippen LogP contribution < -0.4 is 20.7 Å². The molecule has 1 amide bonds. The minimum absolute atomic E-state index is 0.113. The molecule has 31 heavy (non-hydrogen) atoms. The second-order valence-electron chi connectivity index (χ2n) is 6.88. The molecule has 0 radical (unpaired) electrons. The van der Waals surface area contributed by atoms with Gasteiger partial charge < -0.3 is 20.7 Å². The van der Waals surface area contributed by atoms with Gasteiger partial charge in [-0.25, -0.2) is 0 Å². The van der Waals surface area contributed by atoms with Gasteiger partial charge in [0.2, 0.25) is 5.91 Å². The fourth-order valence-electron chi connectivity index (χ4n) is 3.02. The Kier molecular flexibility index (Phi) is 8.05. The monoisotopic (exact) mass is 420 g/mol. The number of guanidine groups is 1. The van der Waals surface area contributed by atoms with Crippen LogP contribution in [0.2, 0.25) is 0 Å². The Morgan fingerprint density at radius 2 is 1.77 bits per heavy atom. The zero-order chi connectivity index (χ0) is 21.9. The highest BCUT2D eigenvalue weighted by molar-refractivity contribution is 5.86. The molecule has 0 aliphatic carbocycles. The van der Waals surface area contributed by atoms with Gasteiger partial charge in [0.15, 0.2) is 5.96 Å². The Balaban J connectivity index is 1.45. The number of hydrogen-bond donors (Lipinski definition) is 3. The molecule has 3 aromatic rings. The smallest absolute Gasteiger partial charge is 0.239 e. The zero-order valence-corrected chi connectivity index (χ0v) is 17.8. The van der Waals surface area contributed by atoms with Crippen LogP contribution in [0.15, 0.2) is 72.0 Å². The van der Waals surface area contributed by atoms with E-state index in [1.807, 2.05) is 53.3 Å². The molecule has 8 heteroatoms. The van der Waals surface area contributed by atoms with Crippen LogP contribution in [0.3, 0.4) is 0 Å². The number of hydrogen-bond acceptors (Lipinski definition) is 4. The molecule has 0 aliphatic rings. The van der Waals surface area contributed by atoms with E-state index in [9.17, 15) is 4.79 Å². The molecular formula is C23H28N6O2. The first-order valence-corrected chi connectivity index (χ1v) is 10.1. The number of carbonyl (C=O) groups is 1. The summed E-state index contributed by atoms with van der Waals surface area (Å²) in [5.41, 5.74) is 3.32. The zero-order valence-electron chi connectivity index (χ0n) is 17.8. The predicted molar refractivity (Wildman–Crippen MR) is 121 cm³/mol. The van der Waals surface area contributed by atoms with Gasteiger partial charge in [-0.3, -0.25) is 14.5 Å². The van der Waals surface area contributed by atoms with E-state index in [1.165, 1.54) is 5.56 Å². The largest absolute Gasteiger partial charge is 0.497 e. The number of aliphatic imine (C=N–C) groups is 1. The van der Waals surface area contributed by atoms with Gasteiger partial charge in [0.1, 0.15) is 5.75 Å². The summed E-state index contributed by atoms with van der Waals surface area (Å²) in [5.74, 6) is 1.24. The van der Waals surface area contributed by atoms with E-state index >= 15 is 0 Å². The Morgan fingerprint density at radius 3 is 2.45 bits per heavy atom. The van der Waals surface area contributed by atoms with Crippen LogP contribution in [-0.4, -0.2) is 42.3 Å². The Hall–Kier alpha value is -3.81. The lowest BCUT2D eigenvalue weighted by Crippen LogP contribution is -2.42. The van der Waals surface area contributed by atoms with Gasteiger partial charge in [-0.05, 0) is 34.9 Å². The second-order valence-corrected chi connectivity index (χ2v) is 6.88. The maximum atomic E-state index is 12.2. The molecule has 3 N–H and O–H groups in total. The van der Waals surface area contributed by atoms with E-state index < -0.39 is 0 Å². The Morgan fingerprint density at radius 1 is 1.00 bits per heavy atom. The molecule has 0 bridgehead atoms. The number of rotatable bonds is 9. The summed E-state index contributed by atoms with van der Waals surface area (Å²) in [4.78, 5) is 16.4. The number of benzene rings is 2. The Bertz CT molecular complexity index is 984. The molecule has 0 fully saturated rings. The molecule has 1 aromatic heterocycles. The van der Waals surface area contributed by atoms with Gasteiger partial charge in [-0.15, -0.1) is 0 Å². The number of ether oxygens (including phenoxy) is 1. The van der Waals surface area contributed by atoms with Crippen molar-refractivity contribution >= 4 is 11.9 Å². The second kappa shape index (κ2) is 11.4. The summed E-state index contributed by atoms with van der Waals surface area (Å²) in [7, 11) is 3.31. The summed E-state index contributed by atoms with van der Waals surface area (Å²) in [6, 6.07) is 17.7. The number of amides is 1. The van der Waals surface area contributed by atoms with Crippen LogP contribution in [-0.2, 0) is 24.4 Å². The van der Waals surface area contributed by atoms with Gasteiger partial charge in [0.05, 0.1) is 20.2 Å². The fourth-order valence-corrected chi connectivity index (χ4v) is 3.02. The van der Waals surface area contributed by atoms with E-state index in [4.69, 9.17) is 4.74 Å². The van der Waals surface area contributed by atoms with Crippen molar-refractivity contribution < 1.29 is 9.53 Å². The number of carbonyl (C=O) groups excluding carboxylic acids is 1. The molecule has 2 aromatic carbocycles. The number of aromatic nitrogens is 2. The topological polar surface area (TPSA) is 92.6 Å². The molecule has 3 rings (SSSR count). The molecule has 0 aliphatic heterocycles. The summed E-state index contributed by atoms with van der Waals surface area (Å²) in [6.45, 7) is 1.87. The van der Waals surface area contributed by atoms with Crippen LogP contribution >= 0.6 is 0 Å². The third-order valence-corrected chi connectivity index (χ3v) is 4.74. The van der Waals surface area contributed by atoms with Crippen LogP contribution in [0.1, 0.15) is 16.7 Å². The summed E-state index contributed by atoms with van der Waals surface area (Å²) < 4.78 is 7.03. The molecule has 0 spiro atoms. The lowest BCUT2D eigenvalue weighted by Gasteiger charge is -2.14. The Labute approximate surface area is 182 Å². The summed E-state index contributed by atoms with van der Waals surface area (Å²) >= 11 is 0. The summed E-state index contributed by atoms with van der Waals surface area (Å²) in [5, 5.41) is 13.5. The standard InChI is InChI=1S/C23H28N6O2/c1-24-23(27-16-22(30)25-14-18-8-10-21(31-2)11-9-18)26-15-19-6-3-4-7-20(19)17-29-13-5-12-28-29/h3-13H,14-17H2,1-2H3,(H,25,30)(H2,24,26,27). The average Bonchev–Trinajstić information content (AvgIpc) is 3.32. The molecule has 0 unspecified atom stereocenters. The van der Waals surface area contributed by atoms with Crippen LogP contribution in [0.25, 0.3) is 0 Å². The van der Waals surface area contributed by atoms with Gasteiger partial charge >= 0.3 is 0 Å². The van der Waals surface area contributed by atoms with Crippen molar-refractivity contribution in [1.29, 1.82) is 0 Å². The van der Waals surface area contributed by atoms with Gasteiger partial charge in [-0.2, -0.15) is 5.10 Å². The lowest BCUT2D eigenvalue weighted by atomic mass is 10.1. The minimum Gasteiger partial charge on any atom is -0.497 e.